The number of benzene rings is 2. The molecule has 6 nitrogen and oxygen atoms in total. The van der Waals surface area contributed by atoms with Crippen molar-refractivity contribution in [3.63, 3.8) is 0 Å². The lowest BCUT2D eigenvalue weighted by atomic mass is 9.76. The van der Waals surface area contributed by atoms with Crippen molar-refractivity contribution in [3.8, 4) is 0 Å². The predicted octanol–water partition coefficient (Wildman–Crippen LogP) is 4.79. The summed E-state index contributed by atoms with van der Waals surface area (Å²) < 4.78 is 54.7. The van der Waals surface area contributed by atoms with E-state index in [1.54, 1.807) is 0 Å². The Bertz CT molecular complexity index is 1130. The molecule has 0 aromatic heterocycles. The maximum Gasteiger partial charge on any atom is 0.225 e. The van der Waals surface area contributed by atoms with Gasteiger partial charge in [0.25, 0.3) is 0 Å². The van der Waals surface area contributed by atoms with Gasteiger partial charge in [0.05, 0.1) is 4.90 Å². The molecular weight excluding hydrogens is 462 g/mol. The van der Waals surface area contributed by atoms with Crippen molar-refractivity contribution < 1.29 is 27.2 Å². The van der Waals surface area contributed by atoms with Crippen LogP contribution in [0.25, 0.3) is 0 Å². The van der Waals surface area contributed by atoms with Gasteiger partial charge in [-0.1, -0.05) is 16.8 Å². The second-order valence-electron chi connectivity index (χ2n) is 7.96. The standard InChI is InChI=1S/C22H23ClF2N2O4S/c1-14(27-29)26-21(28)12-15-8-10-22(11-9-15,19-13-17(24)4-7-20(19)25)32(30,31)18-5-2-16(23)3-6-18/h2-7,13,15,29H,8-12H2,1H3,(H,26,27,28)/t15-,22+. The van der Waals surface area contributed by atoms with Crippen molar-refractivity contribution in [2.24, 2.45) is 11.1 Å². The third kappa shape index (κ3) is 4.78. The van der Waals surface area contributed by atoms with E-state index in [9.17, 15) is 22.0 Å². The van der Waals surface area contributed by atoms with Gasteiger partial charge in [-0.05, 0) is 81.0 Å². The minimum atomic E-state index is -4.13. The number of nitrogens with zero attached hydrogens (tertiary/aromatic N) is 1. The zero-order valence-electron chi connectivity index (χ0n) is 17.3. The van der Waals surface area contributed by atoms with E-state index in [2.05, 4.69) is 10.5 Å². The SMILES string of the molecule is C/C(=N/O)NC(=O)C[C@H]1CC[C@@](c2cc(F)ccc2F)(S(=O)(=O)c2ccc(Cl)cc2)CC1. The Hall–Kier alpha value is -2.52. The third-order valence-corrected chi connectivity index (χ3v) is 8.72. The molecule has 0 spiro atoms. The van der Waals surface area contributed by atoms with Crippen LogP contribution in [-0.2, 0) is 19.4 Å². The summed E-state index contributed by atoms with van der Waals surface area (Å²) in [4.78, 5) is 12.1. The quantitative estimate of drug-likeness (QED) is 0.276. The lowest BCUT2D eigenvalue weighted by Crippen LogP contribution is -2.41. The molecule has 1 amide bonds. The summed E-state index contributed by atoms with van der Waals surface area (Å²) in [5.41, 5.74) is -0.210. The van der Waals surface area contributed by atoms with Crippen LogP contribution in [0.4, 0.5) is 8.78 Å². The molecule has 0 atom stereocenters. The molecule has 32 heavy (non-hydrogen) atoms. The van der Waals surface area contributed by atoms with E-state index in [0.29, 0.717) is 17.9 Å². The first kappa shape index (κ1) is 24.1. The molecule has 172 valence electrons. The summed E-state index contributed by atoms with van der Waals surface area (Å²) in [5, 5.41) is 14.4. The fraction of sp³-hybridized carbons (Fsp3) is 0.364. The molecule has 1 saturated carbocycles. The van der Waals surface area contributed by atoms with Crippen LogP contribution in [0.3, 0.4) is 0 Å². The van der Waals surface area contributed by atoms with Crippen molar-refractivity contribution in [1.82, 2.24) is 5.32 Å². The van der Waals surface area contributed by atoms with Gasteiger partial charge in [0.1, 0.15) is 22.2 Å². The summed E-state index contributed by atoms with van der Waals surface area (Å²) in [5.74, 6) is -2.00. The van der Waals surface area contributed by atoms with Crippen LogP contribution >= 0.6 is 11.6 Å². The zero-order valence-corrected chi connectivity index (χ0v) is 18.9. The van der Waals surface area contributed by atoms with Crippen LogP contribution in [0.2, 0.25) is 5.02 Å². The number of carbonyl (C=O) groups is 1. The Kier molecular flexibility index (Phi) is 7.19. The number of hydrogen-bond donors (Lipinski definition) is 2. The number of halogens is 3. The minimum Gasteiger partial charge on any atom is -0.409 e. The molecule has 2 N–H and O–H groups in total. The first-order chi connectivity index (χ1) is 15.1. The van der Waals surface area contributed by atoms with Crippen LogP contribution in [0, 0.1) is 17.6 Å². The van der Waals surface area contributed by atoms with E-state index in [0.717, 1.165) is 18.2 Å². The minimum absolute atomic E-state index is 0.0172. The molecule has 0 saturated heterocycles. The zero-order chi connectivity index (χ0) is 23.5. The average molecular weight is 485 g/mol. The maximum atomic E-state index is 14.8. The Morgan fingerprint density at radius 3 is 2.41 bits per heavy atom. The summed E-state index contributed by atoms with van der Waals surface area (Å²) in [6.45, 7) is 1.43. The monoisotopic (exact) mass is 484 g/mol. The van der Waals surface area contributed by atoms with Gasteiger partial charge in [-0.3, -0.25) is 4.79 Å². The van der Waals surface area contributed by atoms with E-state index in [4.69, 9.17) is 16.8 Å². The Morgan fingerprint density at radius 2 is 1.81 bits per heavy atom. The Labute approximate surface area is 190 Å². The topological polar surface area (TPSA) is 95.8 Å². The first-order valence-electron chi connectivity index (χ1n) is 10.0. The number of amidine groups is 1. The Morgan fingerprint density at radius 1 is 1.19 bits per heavy atom. The van der Waals surface area contributed by atoms with Crippen LogP contribution in [0.15, 0.2) is 52.5 Å². The van der Waals surface area contributed by atoms with Gasteiger partial charge in [-0.25, -0.2) is 17.2 Å². The number of rotatable bonds is 5. The van der Waals surface area contributed by atoms with Gasteiger partial charge in [0.2, 0.25) is 5.91 Å². The smallest absolute Gasteiger partial charge is 0.225 e. The van der Waals surface area contributed by atoms with Gasteiger partial charge in [-0.2, -0.15) is 0 Å². The highest BCUT2D eigenvalue weighted by Crippen LogP contribution is 2.49. The molecule has 0 radical (unpaired) electrons. The predicted molar refractivity (Wildman–Crippen MR) is 116 cm³/mol. The van der Waals surface area contributed by atoms with Gasteiger partial charge in [-0.15, -0.1) is 0 Å². The number of oxime groups is 1. The lowest BCUT2D eigenvalue weighted by molar-refractivity contribution is -0.120. The number of hydrogen-bond acceptors (Lipinski definition) is 5. The summed E-state index contributed by atoms with van der Waals surface area (Å²) >= 11 is 5.89. The molecule has 10 heteroatoms. The van der Waals surface area contributed by atoms with Crippen molar-refractivity contribution in [3.05, 3.63) is 64.7 Å². The number of sulfone groups is 1. The molecule has 3 rings (SSSR count). The number of carbonyl (C=O) groups excluding carboxylic acids is 1. The fourth-order valence-corrected chi connectivity index (χ4v) is 6.55. The van der Waals surface area contributed by atoms with E-state index in [-0.39, 0.29) is 47.4 Å². The highest BCUT2D eigenvalue weighted by Gasteiger charge is 2.50. The first-order valence-corrected chi connectivity index (χ1v) is 11.9. The molecule has 1 fully saturated rings. The normalized spacial score (nSPS) is 21.9. The van der Waals surface area contributed by atoms with Crippen molar-refractivity contribution in [2.45, 2.75) is 48.7 Å². The van der Waals surface area contributed by atoms with E-state index >= 15 is 0 Å². The van der Waals surface area contributed by atoms with Crippen LogP contribution in [-0.4, -0.2) is 25.4 Å². The van der Waals surface area contributed by atoms with Gasteiger partial charge < -0.3 is 10.5 Å². The second kappa shape index (κ2) is 9.54. The number of amides is 1. The van der Waals surface area contributed by atoms with Gasteiger partial charge >= 0.3 is 0 Å². The molecule has 0 aliphatic heterocycles. The molecule has 0 bridgehead atoms. The highest BCUT2D eigenvalue weighted by atomic mass is 35.5. The maximum absolute atomic E-state index is 14.8. The van der Waals surface area contributed by atoms with Gasteiger partial charge in [0, 0.05) is 17.0 Å². The molecule has 1 aliphatic carbocycles. The molecule has 0 heterocycles. The van der Waals surface area contributed by atoms with Crippen molar-refractivity contribution >= 4 is 33.2 Å². The van der Waals surface area contributed by atoms with Crippen LogP contribution < -0.4 is 5.32 Å². The molecule has 0 unspecified atom stereocenters. The van der Waals surface area contributed by atoms with E-state index < -0.39 is 26.2 Å². The van der Waals surface area contributed by atoms with E-state index in [1.807, 2.05) is 0 Å². The largest absolute Gasteiger partial charge is 0.409 e. The molecular formula is C22H23ClF2N2O4S. The van der Waals surface area contributed by atoms with Crippen LogP contribution in [0.5, 0.6) is 0 Å². The summed E-state index contributed by atoms with van der Waals surface area (Å²) in [6.07, 6.45) is 0.749. The molecule has 1 aliphatic rings. The van der Waals surface area contributed by atoms with E-state index in [1.165, 1.54) is 31.2 Å². The lowest BCUT2D eigenvalue weighted by Gasteiger charge is -2.40. The van der Waals surface area contributed by atoms with Gasteiger partial charge in [0.15, 0.2) is 9.84 Å². The highest BCUT2D eigenvalue weighted by molar-refractivity contribution is 7.92. The summed E-state index contributed by atoms with van der Waals surface area (Å²) in [6, 6.07) is 8.40. The average Bonchev–Trinajstić information content (AvgIpc) is 2.76. The van der Waals surface area contributed by atoms with Crippen LogP contribution in [0.1, 0.15) is 44.6 Å². The number of nitrogens with one attached hydrogen (secondary N) is 1. The van der Waals surface area contributed by atoms with Crippen molar-refractivity contribution in [2.75, 3.05) is 0 Å². The Balaban J connectivity index is 1.97. The second-order valence-corrected chi connectivity index (χ2v) is 10.7. The molecule has 2 aromatic rings. The molecule has 2 aromatic carbocycles. The fourth-order valence-electron chi connectivity index (χ4n) is 4.26. The summed E-state index contributed by atoms with van der Waals surface area (Å²) in [7, 11) is -4.13. The van der Waals surface area contributed by atoms with Crippen molar-refractivity contribution in [1.29, 1.82) is 0 Å². The third-order valence-electron chi connectivity index (χ3n) is 5.91.